The lowest BCUT2D eigenvalue weighted by Crippen LogP contribution is -2.77. The Morgan fingerprint density at radius 2 is 1.54 bits per heavy atom. The van der Waals surface area contributed by atoms with Gasteiger partial charge < -0.3 is 24.8 Å². The van der Waals surface area contributed by atoms with Crippen LogP contribution in [0.4, 0.5) is 0 Å². The summed E-state index contributed by atoms with van der Waals surface area (Å²) in [6, 6.07) is 34.7. The SMILES string of the molecule is C[C@H](CCCc1ccccc1)C[C@@H]1/C=C/[C@@H]2CCCC[C@H]2C(=O)O[C@@H]2C[C@@H](C)[C@](O)(CCC3=CC(=O)OC3)[C@]3([C@H](O)CC[C@@](C)([C@@H]4CC[C@]56CC[C@@H]7C[C@]8(c9ccccc9)CCCC[C@@H]8c8ccc9cccc(c9c8[C@@H]75)[C@@H]6C4)[C@H]23)[C@H]1O. The van der Waals surface area contributed by atoms with Crippen molar-refractivity contribution in [1.82, 2.24) is 0 Å². The van der Waals surface area contributed by atoms with Gasteiger partial charge in [0.05, 0.1) is 29.1 Å². The molecule has 4 aromatic carbocycles. The molecule has 0 saturated heterocycles. The highest BCUT2D eigenvalue weighted by Crippen LogP contribution is 2.77. The number of esters is 2. The summed E-state index contributed by atoms with van der Waals surface area (Å²) in [5, 5.41) is 45.5. The number of benzene rings is 4. The van der Waals surface area contributed by atoms with Crippen LogP contribution in [0.5, 0.6) is 0 Å². The molecular formula is C74H92O7. The zero-order valence-electron chi connectivity index (χ0n) is 48.9. The van der Waals surface area contributed by atoms with Crippen molar-refractivity contribution >= 4 is 22.7 Å². The number of hydrogen-bond donors (Lipinski definition) is 3. The van der Waals surface area contributed by atoms with Crippen molar-refractivity contribution in [3.63, 3.8) is 0 Å². The molecule has 0 aromatic heterocycles. The van der Waals surface area contributed by atoms with Crippen molar-refractivity contribution in [2.24, 2.45) is 63.6 Å². The van der Waals surface area contributed by atoms with E-state index in [4.69, 9.17) is 9.47 Å². The second kappa shape index (κ2) is 20.9. The number of carbonyl (C=O) groups excluding carboxylic acids is 2. The highest BCUT2D eigenvalue weighted by atomic mass is 16.5. The number of ether oxygens (including phenoxy) is 2. The molecule has 7 nitrogen and oxygen atoms in total. The van der Waals surface area contributed by atoms with E-state index in [1.54, 1.807) is 33.7 Å². The summed E-state index contributed by atoms with van der Waals surface area (Å²) in [6.45, 7) is 7.08. The molecule has 7 heteroatoms. The minimum Gasteiger partial charge on any atom is -0.462 e. The van der Waals surface area contributed by atoms with Crippen LogP contribution in [0.3, 0.4) is 0 Å². The molecule has 10 aliphatic rings. The maximum absolute atomic E-state index is 15.3. The van der Waals surface area contributed by atoms with Crippen molar-refractivity contribution in [2.45, 2.75) is 216 Å². The van der Waals surface area contributed by atoms with Gasteiger partial charge in [-0.3, -0.25) is 4.79 Å². The van der Waals surface area contributed by atoms with Crippen molar-refractivity contribution in [3.8, 4) is 0 Å². The Balaban J connectivity index is 0.896. The Kier molecular flexibility index (Phi) is 14.0. The van der Waals surface area contributed by atoms with Gasteiger partial charge in [-0.05, 0) is 218 Å². The summed E-state index contributed by atoms with van der Waals surface area (Å²) in [5.41, 5.74) is 5.30. The van der Waals surface area contributed by atoms with Crippen LogP contribution in [-0.2, 0) is 30.9 Å². The number of aliphatic hydroxyl groups excluding tert-OH is 2. The van der Waals surface area contributed by atoms with Crippen molar-refractivity contribution in [2.75, 3.05) is 6.61 Å². The highest BCUT2D eigenvalue weighted by molar-refractivity contribution is 5.93. The van der Waals surface area contributed by atoms with E-state index in [1.165, 1.54) is 55.9 Å². The Morgan fingerprint density at radius 1 is 0.753 bits per heavy atom. The standard InChI is InChI=1S/C74H92O7/c1-46(16-14-19-48-17-6-4-7-18-48)40-52-28-27-50-20-10-11-24-56(50)69(78)81-61-41-47(2)73(79,39-31-49-42-63(76)80-45-49)74(68(52)77)62(75)34-36-70(3,67(61)74)55-33-38-71-37-32-53-44-72(54-22-8-5-9-23-54)35-13-12-26-59(72)58-30-29-51-21-15-25-57(60(71)43-55)64(51)65(58)66(53)71/h4-9,15,17-18,21-23,25,27-30,42,46-47,50,52-53,55-56,59-62,66-68,75,77,79H,10-14,16,19-20,24,26,31-41,43-45H2,1-3H3/b28-27+/t46-,47-,50+,52+,53-,55-,56-,59-,60+,61-,62-,66-,67+,68+,70+,71+,72+,73-,74+/m1/s1. The van der Waals surface area contributed by atoms with Gasteiger partial charge in [-0.25, -0.2) is 4.79 Å². The van der Waals surface area contributed by atoms with E-state index in [0.717, 1.165) is 76.2 Å². The van der Waals surface area contributed by atoms with Crippen molar-refractivity contribution < 1.29 is 34.4 Å². The Hall–Kier alpha value is -4.56. The van der Waals surface area contributed by atoms with Gasteiger partial charge in [-0.15, -0.1) is 0 Å². The summed E-state index contributed by atoms with van der Waals surface area (Å²) >= 11 is 0. The molecule has 2 heterocycles. The van der Waals surface area contributed by atoms with E-state index in [-0.39, 0.29) is 65.4 Å². The van der Waals surface area contributed by atoms with Crippen LogP contribution < -0.4 is 0 Å². The third-order valence-corrected chi connectivity index (χ3v) is 25.8. The first-order valence-electron chi connectivity index (χ1n) is 32.8. The zero-order chi connectivity index (χ0) is 55.5. The average Bonchev–Trinajstić information content (AvgIpc) is 3.65. The molecule has 0 unspecified atom stereocenters. The maximum Gasteiger partial charge on any atom is 0.331 e. The minimum absolute atomic E-state index is 0.00366. The van der Waals surface area contributed by atoms with Crippen LogP contribution in [0, 0.1) is 63.6 Å². The van der Waals surface area contributed by atoms with Gasteiger partial charge in [-0.2, -0.15) is 0 Å². The molecule has 4 aromatic rings. The van der Waals surface area contributed by atoms with Crippen molar-refractivity contribution in [3.05, 3.63) is 143 Å². The van der Waals surface area contributed by atoms with Gasteiger partial charge in [0.1, 0.15) is 12.7 Å². The number of aliphatic hydroxyl groups is 3. The quantitative estimate of drug-likeness (QED) is 0.101. The number of cyclic esters (lactones) is 1. The van der Waals surface area contributed by atoms with Crippen LogP contribution >= 0.6 is 0 Å². The van der Waals surface area contributed by atoms with E-state index < -0.39 is 46.6 Å². The van der Waals surface area contributed by atoms with Gasteiger partial charge in [0.15, 0.2) is 0 Å². The van der Waals surface area contributed by atoms with Crippen LogP contribution in [-0.4, -0.2) is 57.8 Å². The molecule has 0 radical (unpaired) electrons. The molecule has 0 amide bonds. The molecule has 2 aliphatic heterocycles. The fourth-order valence-electron chi connectivity index (χ4n) is 22.3. The Labute approximate surface area is 483 Å². The molecule has 3 N–H and O–H groups in total. The van der Waals surface area contributed by atoms with E-state index >= 15 is 4.79 Å². The van der Waals surface area contributed by atoms with E-state index in [9.17, 15) is 20.1 Å². The first kappa shape index (κ1) is 54.4. The van der Waals surface area contributed by atoms with Crippen LogP contribution in [0.2, 0.25) is 0 Å². The van der Waals surface area contributed by atoms with Gasteiger partial charge in [0.25, 0.3) is 0 Å². The molecule has 14 rings (SSSR count). The normalized spacial score (nSPS) is 42.1. The molecule has 19 atom stereocenters. The summed E-state index contributed by atoms with van der Waals surface area (Å²) in [6.07, 6.45) is 25.0. The van der Waals surface area contributed by atoms with Gasteiger partial charge in [-0.1, -0.05) is 156 Å². The second-order valence-electron chi connectivity index (χ2n) is 29.3. The lowest BCUT2D eigenvalue weighted by Gasteiger charge is -2.71. The molecule has 81 heavy (non-hydrogen) atoms. The fourth-order valence-corrected chi connectivity index (χ4v) is 22.3. The molecule has 430 valence electrons. The average molecular weight is 1090 g/mol. The lowest BCUT2D eigenvalue weighted by molar-refractivity contribution is -0.331. The molecule has 1 spiro atoms. The minimum atomic E-state index is -1.58. The topological polar surface area (TPSA) is 113 Å². The predicted molar refractivity (Wildman–Crippen MR) is 319 cm³/mol. The second-order valence-corrected chi connectivity index (χ2v) is 29.3. The summed E-state index contributed by atoms with van der Waals surface area (Å²) in [7, 11) is 0. The Morgan fingerprint density at radius 3 is 2.36 bits per heavy atom. The fraction of sp³-hybridized carbons (Fsp3) is 0.622. The molecule has 6 fully saturated rings. The Bertz CT molecular complexity index is 3070. The number of hydrogen-bond acceptors (Lipinski definition) is 7. The monoisotopic (exact) mass is 1090 g/mol. The first-order chi connectivity index (χ1) is 39.3. The number of carbonyl (C=O) groups is 2. The van der Waals surface area contributed by atoms with Gasteiger partial charge >= 0.3 is 11.9 Å². The summed E-state index contributed by atoms with van der Waals surface area (Å²) < 4.78 is 12.7. The van der Waals surface area contributed by atoms with Crippen LogP contribution in [0.25, 0.3) is 10.8 Å². The number of rotatable bonds is 11. The smallest absolute Gasteiger partial charge is 0.331 e. The number of aryl methyl sites for hydroxylation is 1. The van der Waals surface area contributed by atoms with Crippen LogP contribution in [0.1, 0.15) is 208 Å². The summed E-state index contributed by atoms with van der Waals surface area (Å²) in [5.74, 6) is 0.257. The van der Waals surface area contributed by atoms with E-state index in [2.05, 4.69) is 124 Å². The number of fused-ring (bicyclic) bond motifs is 4. The van der Waals surface area contributed by atoms with Crippen molar-refractivity contribution in [1.29, 1.82) is 0 Å². The van der Waals surface area contributed by atoms with E-state index in [1.807, 2.05) is 0 Å². The third kappa shape index (κ3) is 8.45. The molecular weight excluding hydrogens is 1000 g/mol. The summed E-state index contributed by atoms with van der Waals surface area (Å²) in [4.78, 5) is 28.0. The predicted octanol–water partition coefficient (Wildman–Crippen LogP) is 15.3. The van der Waals surface area contributed by atoms with E-state index in [0.29, 0.717) is 49.4 Å². The third-order valence-electron chi connectivity index (χ3n) is 25.8. The van der Waals surface area contributed by atoms with Gasteiger partial charge in [0.2, 0.25) is 0 Å². The maximum atomic E-state index is 15.3. The highest BCUT2D eigenvalue weighted by Gasteiger charge is 2.76. The largest absolute Gasteiger partial charge is 0.462 e. The molecule has 8 aliphatic carbocycles. The molecule has 6 saturated carbocycles. The van der Waals surface area contributed by atoms with Crippen LogP contribution in [0.15, 0.2) is 115 Å². The first-order valence-corrected chi connectivity index (χ1v) is 32.8. The van der Waals surface area contributed by atoms with Gasteiger partial charge in [0, 0.05) is 23.3 Å². The zero-order valence-corrected chi connectivity index (χ0v) is 48.9. The number of allylic oxidation sites excluding steroid dienone is 1. The lowest BCUT2D eigenvalue weighted by atomic mass is 9.36. The molecule has 2 bridgehead atoms.